The molecule has 32 heavy (non-hydrogen) atoms. The molecular weight excluding hydrogens is 472 g/mol. The number of nitrogens with zero attached hydrogens (tertiary/aromatic N) is 2. The Bertz CT molecular complexity index is 1190. The highest BCUT2D eigenvalue weighted by atomic mass is 79.9. The maximum absolute atomic E-state index is 12.1. The number of nitriles is 1. The first kappa shape index (κ1) is 22.8. The Kier molecular flexibility index (Phi) is 7.84. The maximum Gasteiger partial charge on any atom is 0.339 e. The van der Waals surface area contributed by atoms with Crippen LogP contribution in [0.2, 0.25) is 0 Å². The van der Waals surface area contributed by atoms with E-state index in [1.165, 1.54) is 13.3 Å². The third kappa shape index (κ3) is 5.86. The van der Waals surface area contributed by atoms with Crippen molar-refractivity contribution in [3.05, 3.63) is 87.4 Å². The molecule has 0 aromatic heterocycles. The highest BCUT2D eigenvalue weighted by molar-refractivity contribution is 9.10. The fourth-order valence-corrected chi connectivity index (χ4v) is 3.46. The molecule has 0 heterocycles. The molecule has 0 fully saturated rings. The van der Waals surface area contributed by atoms with E-state index in [-0.39, 0.29) is 6.61 Å². The van der Waals surface area contributed by atoms with Gasteiger partial charge in [0.1, 0.15) is 6.61 Å². The molecular formula is C24H21BrN4O3. The van der Waals surface area contributed by atoms with Crippen LogP contribution in [0.1, 0.15) is 22.3 Å². The van der Waals surface area contributed by atoms with Crippen molar-refractivity contribution in [3.8, 4) is 17.6 Å². The summed E-state index contributed by atoms with van der Waals surface area (Å²) in [6.07, 6.45) is 1.50. The summed E-state index contributed by atoms with van der Waals surface area (Å²) in [5, 5.41) is 16.0. The molecule has 0 aliphatic carbocycles. The van der Waals surface area contributed by atoms with Crippen LogP contribution < -0.4 is 20.2 Å². The van der Waals surface area contributed by atoms with E-state index in [9.17, 15) is 10.1 Å². The van der Waals surface area contributed by atoms with E-state index in [0.29, 0.717) is 32.8 Å². The molecule has 0 saturated heterocycles. The highest BCUT2D eigenvalue weighted by Crippen LogP contribution is 2.37. The number of carbonyl (C=O) groups is 1. The minimum atomic E-state index is -0.447. The van der Waals surface area contributed by atoms with Gasteiger partial charge in [0.05, 0.1) is 29.4 Å². The summed E-state index contributed by atoms with van der Waals surface area (Å²) >= 11 is 3.49. The molecule has 7 nitrogen and oxygen atoms in total. The van der Waals surface area contributed by atoms with Gasteiger partial charge in [-0.05, 0) is 58.2 Å². The van der Waals surface area contributed by atoms with Crippen molar-refractivity contribution < 1.29 is 14.3 Å². The number of urea groups is 1. The smallest absolute Gasteiger partial charge is 0.339 e. The first-order chi connectivity index (χ1) is 15.5. The molecule has 0 aliphatic rings. The topological polar surface area (TPSA) is 95.7 Å². The van der Waals surface area contributed by atoms with Crippen molar-refractivity contribution in [1.82, 2.24) is 5.43 Å². The maximum atomic E-state index is 12.1. The Morgan fingerprint density at radius 1 is 1.19 bits per heavy atom. The summed E-state index contributed by atoms with van der Waals surface area (Å²) in [6.45, 7) is 2.12. The Morgan fingerprint density at radius 3 is 2.69 bits per heavy atom. The lowest BCUT2D eigenvalue weighted by Gasteiger charge is -2.14. The van der Waals surface area contributed by atoms with Crippen LogP contribution in [0.15, 0.2) is 70.2 Å². The molecule has 3 aromatic rings. The third-order valence-corrected chi connectivity index (χ3v) is 5.12. The monoisotopic (exact) mass is 492 g/mol. The number of rotatable bonds is 7. The second-order valence-corrected chi connectivity index (χ2v) is 7.59. The molecule has 0 radical (unpaired) electrons. The van der Waals surface area contributed by atoms with E-state index in [4.69, 9.17) is 9.47 Å². The van der Waals surface area contributed by atoms with Crippen molar-refractivity contribution in [1.29, 1.82) is 5.26 Å². The summed E-state index contributed by atoms with van der Waals surface area (Å²) in [4.78, 5) is 12.1. The molecule has 0 saturated carbocycles. The van der Waals surface area contributed by atoms with Gasteiger partial charge >= 0.3 is 6.03 Å². The molecule has 0 bridgehead atoms. The van der Waals surface area contributed by atoms with Crippen molar-refractivity contribution >= 4 is 33.9 Å². The molecule has 2 N–H and O–H groups in total. The largest absolute Gasteiger partial charge is 0.493 e. The molecule has 0 aliphatic heterocycles. The van der Waals surface area contributed by atoms with Crippen LogP contribution in [0, 0.1) is 18.3 Å². The van der Waals surface area contributed by atoms with Gasteiger partial charge in [-0.2, -0.15) is 10.4 Å². The van der Waals surface area contributed by atoms with Gasteiger partial charge in [0.25, 0.3) is 0 Å². The minimum absolute atomic E-state index is 0.215. The number of methoxy groups -OCH3 is 1. The SMILES string of the molecule is COc1cc(C=NNC(=O)Nc2ccccc2C)cc(Br)c1OCc1ccccc1C#N. The zero-order valence-electron chi connectivity index (χ0n) is 17.6. The second kappa shape index (κ2) is 11.0. The Labute approximate surface area is 194 Å². The van der Waals surface area contributed by atoms with Crippen LogP contribution in [0.5, 0.6) is 11.5 Å². The quantitative estimate of drug-likeness (QED) is 0.342. The van der Waals surface area contributed by atoms with Crippen LogP contribution in [-0.2, 0) is 6.61 Å². The number of halogens is 1. The predicted octanol–water partition coefficient (Wildman–Crippen LogP) is 5.37. The number of anilines is 1. The predicted molar refractivity (Wildman–Crippen MR) is 127 cm³/mol. The van der Waals surface area contributed by atoms with E-state index in [0.717, 1.165) is 11.1 Å². The van der Waals surface area contributed by atoms with Gasteiger partial charge in [0.2, 0.25) is 0 Å². The van der Waals surface area contributed by atoms with Crippen LogP contribution in [0.4, 0.5) is 10.5 Å². The summed E-state index contributed by atoms with van der Waals surface area (Å²) in [6, 6.07) is 19.9. The van der Waals surface area contributed by atoms with Gasteiger partial charge in [-0.1, -0.05) is 36.4 Å². The summed E-state index contributed by atoms with van der Waals surface area (Å²) in [5.74, 6) is 0.988. The van der Waals surface area contributed by atoms with Gasteiger partial charge < -0.3 is 14.8 Å². The zero-order chi connectivity index (χ0) is 22.9. The Hall–Kier alpha value is -3.83. The lowest BCUT2D eigenvalue weighted by molar-refractivity contribution is 0.252. The van der Waals surface area contributed by atoms with E-state index in [1.807, 2.05) is 49.4 Å². The van der Waals surface area contributed by atoms with Crippen LogP contribution in [-0.4, -0.2) is 19.4 Å². The van der Waals surface area contributed by atoms with Crippen LogP contribution in [0.3, 0.4) is 0 Å². The minimum Gasteiger partial charge on any atom is -0.493 e. The number of nitrogens with one attached hydrogen (secondary N) is 2. The number of benzene rings is 3. The summed E-state index contributed by atoms with van der Waals surface area (Å²) < 4.78 is 12.0. The summed E-state index contributed by atoms with van der Waals surface area (Å²) in [5.41, 5.74) is 6.13. The fraction of sp³-hybridized carbons (Fsp3) is 0.125. The van der Waals surface area contributed by atoms with E-state index in [1.54, 1.807) is 18.2 Å². The number of aryl methyl sites for hydroxylation is 1. The number of hydrogen-bond donors (Lipinski definition) is 2. The number of ether oxygens (including phenoxy) is 2. The highest BCUT2D eigenvalue weighted by Gasteiger charge is 2.13. The Morgan fingerprint density at radius 2 is 1.94 bits per heavy atom. The van der Waals surface area contributed by atoms with Gasteiger partial charge in [0, 0.05) is 11.3 Å². The summed E-state index contributed by atoms with van der Waals surface area (Å²) in [7, 11) is 1.53. The lowest BCUT2D eigenvalue weighted by atomic mass is 10.1. The molecule has 0 unspecified atom stereocenters. The van der Waals surface area contributed by atoms with Crippen molar-refractivity contribution in [2.24, 2.45) is 5.10 Å². The molecule has 0 spiro atoms. The standard InChI is InChI=1S/C24H21BrN4O3/c1-16-7-3-6-10-21(16)28-24(30)29-27-14-17-11-20(25)23(22(12-17)31-2)32-15-19-9-5-4-8-18(19)13-26/h3-12,14H,15H2,1-2H3,(H2,28,29,30). The van der Waals surface area contributed by atoms with E-state index >= 15 is 0 Å². The number of carbonyl (C=O) groups excluding carboxylic acids is 1. The lowest BCUT2D eigenvalue weighted by Crippen LogP contribution is -2.24. The molecule has 0 atom stereocenters. The Balaban J connectivity index is 1.67. The molecule has 8 heteroatoms. The number of para-hydroxylation sites is 1. The van der Waals surface area contributed by atoms with Gasteiger partial charge in [-0.3, -0.25) is 0 Å². The zero-order valence-corrected chi connectivity index (χ0v) is 19.1. The average molecular weight is 493 g/mol. The van der Waals surface area contributed by atoms with Crippen LogP contribution >= 0.6 is 15.9 Å². The van der Waals surface area contributed by atoms with Crippen molar-refractivity contribution in [3.63, 3.8) is 0 Å². The van der Waals surface area contributed by atoms with Gasteiger partial charge in [-0.15, -0.1) is 0 Å². The molecule has 3 rings (SSSR count). The number of hydrazone groups is 1. The van der Waals surface area contributed by atoms with Crippen molar-refractivity contribution in [2.75, 3.05) is 12.4 Å². The van der Waals surface area contributed by atoms with E-state index in [2.05, 4.69) is 37.8 Å². The van der Waals surface area contributed by atoms with Gasteiger partial charge in [0.15, 0.2) is 11.5 Å². The third-order valence-electron chi connectivity index (χ3n) is 4.53. The second-order valence-electron chi connectivity index (χ2n) is 6.73. The van der Waals surface area contributed by atoms with Crippen LogP contribution in [0.25, 0.3) is 0 Å². The van der Waals surface area contributed by atoms with Crippen molar-refractivity contribution in [2.45, 2.75) is 13.5 Å². The first-order valence-electron chi connectivity index (χ1n) is 9.66. The normalized spacial score (nSPS) is 10.4. The number of amides is 2. The first-order valence-corrected chi connectivity index (χ1v) is 10.4. The number of hydrogen-bond acceptors (Lipinski definition) is 5. The molecule has 2 amide bonds. The molecule has 3 aromatic carbocycles. The molecule has 162 valence electrons. The average Bonchev–Trinajstić information content (AvgIpc) is 2.79. The van der Waals surface area contributed by atoms with E-state index < -0.39 is 6.03 Å². The fourth-order valence-electron chi connectivity index (χ4n) is 2.89. The van der Waals surface area contributed by atoms with Gasteiger partial charge in [-0.25, -0.2) is 10.2 Å².